The summed E-state index contributed by atoms with van der Waals surface area (Å²) in [4.78, 5) is 4.17. The monoisotopic (exact) mass is 348 g/mol. The van der Waals surface area contributed by atoms with Crippen LogP contribution in [-0.2, 0) is 10.0 Å². The molecule has 118 valence electrons. The molecule has 1 N–H and O–H groups in total. The molecule has 0 amide bonds. The highest BCUT2D eigenvalue weighted by Gasteiger charge is 2.18. The van der Waals surface area contributed by atoms with Crippen LogP contribution in [0.4, 0.5) is 5.69 Å². The molecule has 3 rings (SSSR count). The van der Waals surface area contributed by atoms with Crippen LogP contribution < -0.4 is 4.72 Å². The van der Waals surface area contributed by atoms with Crippen LogP contribution in [0.15, 0.2) is 59.9 Å². The third-order valence-corrected chi connectivity index (χ3v) is 4.75. The van der Waals surface area contributed by atoms with Crippen molar-refractivity contribution in [3.8, 4) is 5.82 Å². The number of nitrogens with one attached hydrogen (secondary N) is 1. The molecule has 2 aromatic heterocycles. The number of anilines is 1. The molecule has 1 aromatic carbocycles. The van der Waals surface area contributed by atoms with Crippen LogP contribution in [0.25, 0.3) is 5.82 Å². The quantitative estimate of drug-likeness (QED) is 0.786. The molecule has 8 heteroatoms. The third kappa shape index (κ3) is 3.35. The minimum Gasteiger partial charge on any atom is -0.279 e. The molecule has 0 saturated heterocycles. The van der Waals surface area contributed by atoms with Crippen LogP contribution >= 0.6 is 11.6 Å². The second kappa shape index (κ2) is 6.02. The van der Waals surface area contributed by atoms with Gasteiger partial charge in [-0.25, -0.2) is 18.1 Å². The van der Waals surface area contributed by atoms with Gasteiger partial charge in [0.2, 0.25) is 0 Å². The lowest BCUT2D eigenvalue weighted by atomic mass is 10.2. The van der Waals surface area contributed by atoms with Gasteiger partial charge in [-0.1, -0.05) is 23.7 Å². The molecule has 0 bridgehead atoms. The summed E-state index contributed by atoms with van der Waals surface area (Å²) >= 11 is 5.92. The molecular formula is C15H13ClN4O2S. The van der Waals surface area contributed by atoms with E-state index in [9.17, 15) is 8.42 Å². The average Bonchev–Trinajstić information content (AvgIpc) is 3.02. The SMILES string of the molecule is Cc1ccc(Cl)cc1NS(=O)(=O)c1cnn(-c2ccccn2)c1. The lowest BCUT2D eigenvalue weighted by molar-refractivity contribution is 0.601. The van der Waals surface area contributed by atoms with E-state index in [1.54, 1.807) is 49.5 Å². The topological polar surface area (TPSA) is 76.9 Å². The van der Waals surface area contributed by atoms with Crippen molar-refractivity contribution < 1.29 is 8.42 Å². The van der Waals surface area contributed by atoms with Crippen LogP contribution in [0.2, 0.25) is 5.02 Å². The molecule has 0 fully saturated rings. The zero-order valence-corrected chi connectivity index (χ0v) is 13.7. The summed E-state index contributed by atoms with van der Waals surface area (Å²) in [6.07, 6.45) is 4.29. The lowest BCUT2D eigenvalue weighted by Gasteiger charge is -2.09. The van der Waals surface area contributed by atoms with Crippen molar-refractivity contribution >= 4 is 27.3 Å². The Balaban J connectivity index is 1.92. The first-order valence-corrected chi connectivity index (χ1v) is 8.57. The molecule has 0 aliphatic rings. The molecule has 6 nitrogen and oxygen atoms in total. The third-order valence-electron chi connectivity index (χ3n) is 3.20. The number of sulfonamides is 1. The summed E-state index contributed by atoms with van der Waals surface area (Å²) < 4.78 is 28.9. The highest BCUT2D eigenvalue weighted by molar-refractivity contribution is 7.92. The standard InChI is InChI=1S/C15H13ClN4O2S/c1-11-5-6-12(16)8-14(11)19-23(21,22)13-9-18-20(10-13)15-4-2-3-7-17-15/h2-10,19H,1H3. The summed E-state index contributed by atoms with van der Waals surface area (Å²) in [5.74, 6) is 0.535. The van der Waals surface area contributed by atoms with E-state index in [1.165, 1.54) is 17.1 Å². The van der Waals surface area contributed by atoms with Crippen molar-refractivity contribution in [2.75, 3.05) is 4.72 Å². The zero-order valence-electron chi connectivity index (χ0n) is 12.1. The van der Waals surface area contributed by atoms with Gasteiger partial charge in [0.05, 0.1) is 18.1 Å². The maximum Gasteiger partial charge on any atom is 0.265 e. The Bertz CT molecular complexity index is 939. The van der Waals surface area contributed by atoms with Crippen molar-refractivity contribution in [3.63, 3.8) is 0 Å². The molecule has 0 saturated carbocycles. The first-order valence-electron chi connectivity index (χ1n) is 6.71. The molecule has 0 aliphatic heterocycles. The molecule has 0 atom stereocenters. The number of aromatic nitrogens is 3. The van der Waals surface area contributed by atoms with Gasteiger partial charge in [-0.05, 0) is 36.8 Å². The first kappa shape index (κ1) is 15.5. The first-order chi connectivity index (χ1) is 11.0. The van der Waals surface area contributed by atoms with Crippen molar-refractivity contribution in [2.24, 2.45) is 0 Å². The molecule has 0 unspecified atom stereocenters. The number of pyridine rings is 1. The van der Waals surface area contributed by atoms with E-state index in [1.807, 2.05) is 0 Å². The molecular weight excluding hydrogens is 336 g/mol. The van der Waals surface area contributed by atoms with Gasteiger partial charge < -0.3 is 0 Å². The number of nitrogens with zero attached hydrogens (tertiary/aromatic N) is 3. The van der Waals surface area contributed by atoms with Crippen LogP contribution in [0, 0.1) is 6.92 Å². The highest BCUT2D eigenvalue weighted by atomic mass is 35.5. The number of halogens is 1. The largest absolute Gasteiger partial charge is 0.279 e. The van der Waals surface area contributed by atoms with Crippen LogP contribution in [-0.4, -0.2) is 23.2 Å². The molecule has 0 spiro atoms. The molecule has 0 radical (unpaired) electrons. The predicted octanol–water partition coefficient (Wildman–Crippen LogP) is 3.03. The highest BCUT2D eigenvalue weighted by Crippen LogP contribution is 2.23. The molecule has 23 heavy (non-hydrogen) atoms. The van der Waals surface area contributed by atoms with Crippen molar-refractivity contribution in [3.05, 3.63) is 65.6 Å². The number of hydrogen-bond donors (Lipinski definition) is 1. The van der Waals surface area contributed by atoms with Crippen LogP contribution in [0.3, 0.4) is 0 Å². The maximum atomic E-state index is 12.5. The second-order valence-corrected chi connectivity index (χ2v) is 6.99. The maximum absolute atomic E-state index is 12.5. The van der Waals surface area contributed by atoms with Gasteiger partial charge in [0.25, 0.3) is 10.0 Å². The van der Waals surface area contributed by atoms with Crippen molar-refractivity contribution in [2.45, 2.75) is 11.8 Å². The minimum absolute atomic E-state index is 0.0440. The van der Waals surface area contributed by atoms with Gasteiger partial charge in [0, 0.05) is 11.2 Å². The molecule has 3 aromatic rings. The zero-order chi connectivity index (χ0) is 16.4. The predicted molar refractivity (Wildman–Crippen MR) is 88.4 cm³/mol. The molecule has 2 heterocycles. The van der Waals surface area contributed by atoms with Gasteiger partial charge in [-0.15, -0.1) is 0 Å². The van der Waals surface area contributed by atoms with Gasteiger partial charge in [-0.3, -0.25) is 4.72 Å². The number of benzene rings is 1. The fraction of sp³-hybridized carbons (Fsp3) is 0.0667. The Morgan fingerprint density at radius 1 is 1.22 bits per heavy atom. The second-order valence-electron chi connectivity index (χ2n) is 4.87. The van der Waals surface area contributed by atoms with Gasteiger partial charge in [0.1, 0.15) is 4.90 Å². The summed E-state index contributed by atoms with van der Waals surface area (Å²) in [7, 11) is -3.76. The number of hydrogen-bond acceptors (Lipinski definition) is 4. The fourth-order valence-corrected chi connectivity index (χ4v) is 3.19. The average molecular weight is 349 g/mol. The normalized spacial score (nSPS) is 11.4. The van der Waals surface area contributed by atoms with E-state index in [4.69, 9.17) is 11.6 Å². The number of aryl methyl sites for hydroxylation is 1. The van der Waals surface area contributed by atoms with Gasteiger partial charge in [0.15, 0.2) is 5.82 Å². The lowest BCUT2D eigenvalue weighted by Crippen LogP contribution is -2.13. The molecule has 0 aliphatic carbocycles. The van der Waals surface area contributed by atoms with Crippen molar-refractivity contribution in [1.29, 1.82) is 0 Å². The van der Waals surface area contributed by atoms with Gasteiger partial charge in [-0.2, -0.15) is 5.10 Å². The number of rotatable bonds is 4. The Morgan fingerprint density at radius 2 is 2.04 bits per heavy atom. The summed E-state index contributed by atoms with van der Waals surface area (Å²) in [5.41, 5.74) is 1.21. The smallest absolute Gasteiger partial charge is 0.265 e. The van der Waals surface area contributed by atoms with E-state index < -0.39 is 10.0 Å². The van der Waals surface area contributed by atoms with E-state index >= 15 is 0 Å². The Hall–Kier alpha value is -2.38. The van der Waals surface area contributed by atoms with Gasteiger partial charge >= 0.3 is 0 Å². The Kier molecular flexibility index (Phi) is 4.06. The Morgan fingerprint density at radius 3 is 2.78 bits per heavy atom. The minimum atomic E-state index is -3.76. The van der Waals surface area contributed by atoms with Crippen LogP contribution in [0.1, 0.15) is 5.56 Å². The van der Waals surface area contributed by atoms with E-state index in [2.05, 4.69) is 14.8 Å². The van der Waals surface area contributed by atoms with Crippen LogP contribution in [0.5, 0.6) is 0 Å². The fourth-order valence-electron chi connectivity index (χ4n) is 1.97. The summed E-state index contributed by atoms with van der Waals surface area (Å²) in [5, 5.41) is 4.50. The summed E-state index contributed by atoms with van der Waals surface area (Å²) in [6, 6.07) is 10.3. The summed E-state index contributed by atoms with van der Waals surface area (Å²) in [6.45, 7) is 1.80. The van der Waals surface area contributed by atoms with Crippen molar-refractivity contribution in [1.82, 2.24) is 14.8 Å². The van der Waals surface area contributed by atoms with E-state index in [0.717, 1.165) is 5.56 Å². The van der Waals surface area contributed by atoms with E-state index in [0.29, 0.717) is 16.5 Å². The van der Waals surface area contributed by atoms with E-state index in [-0.39, 0.29) is 4.90 Å². The Labute approximate surface area is 138 Å².